The number of hydrogen-bond donors (Lipinski definition) is 1. The van der Waals surface area contributed by atoms with Gasteiger partial charge in [-0.3, -0.25) is 9.59 Å². The number of furan rings is 1. The molecule has 1 aromatic heterocycles. The van der Waals surface area contributed by atoms with Crippen molar-refractivity contribution in [1.29, 1.82) is 0 Å². The molecule has 0 radical (unpaired) electrons. The third-order valence-corrected chi connectivity index (χ3v) is 2.54. The highest BCUT2D eigenvalue weighted by Crippen LogP contribution is 2.15. The first-order valence-electron chi connectivity index (χ1n) is 4.48. The number of carbonyl (C=O) groups is 2. The Labute approximate surface area is 94.5 Å². The Kier molecular flexibility index (Phi) is 2.77. The maximum atomic E-state index is 11.8. The third-order valence-electron chi connectivity index (χ3n) is 2.11. The van der Waals surface area contributed by atoms with E-state index in [4.69, 9.17) is 4.42 Å². The molecule has 2 amide bonds. The molecule has 1 N–H and O–H groups in total. The van der Waals surface area contributed by atoms with Crippen LogP contribution in [0.2, 0.25) is 0 Å². The first-order valence-corrected chi connectivity index (χ1v) is 5.27. The molecular formula is C9H9BrN2O3. The minimum absolute atomic E-state index is 0.0944. The van der Waals surface area contributed by atoms with Crippen LogP contribution in [0.4, 0.5) is 0 Å². The standard InChI is InChI=1S/C9H9BrN2O3/c10-7-2-1-6(15-7)9(14)12-4-3-11-8(13)5-12/h1-2H,3-5H2,(H,11,13). The lowest BCUT2D eigenvalue weighted by molar-refractivity contribution is -0.123. The number of rotatable bonds is 1. The summed E-state index contributed by atoms with van der Waals surface area (Å²) in [4.78, 5) is 24.3. The predicted molar refractivity (Wildman–Crippen MR) is 55.3 cm³/mol. The predicted octanol–water partition coefficient (Wildman–Crippen LogP) is 0.614. The van der Waals surface area contributed by atoms with Crippen molar-refractivity contribution >= 4 is 27.7 Å². The number of halogens is 1. The zero-order valence-electron chi connectivity index (χ0n) is 7.83. The molecule has 80 valence electrons. The molecule has 1 aliphatic rings. The molecule has 0 saturated carbocycles. The van der Waals surface area contributed by atoms with Gasteiger partial charge in [0.05, 0.1) is 0 Å². The summed E-state index contributed by atoms with van der Waals surface area (Å²) in [6, 6.07) is 3.23. The minimum atomic E-state index is -0.254. The second-order valence-corrected chi connectivity index (χ2v) is 3.96. The van der Waals surface area contributed by atoms with Crippen LogP contribution in [0.25, 0.3) is 0 Å². The van der Waals surface area contributed by atoms with Crippen molar-refractivity contribution in [3.05, 3.63) is 22.6 Å². The van der Waals surface area contributed by atoms with Gasteiger partial charge in [0.1, 0.15) is 6.54 Å². The summed E-state index contributed by atoms with van der Waals surface area (Å²) in [5.41, 5.74) is 0. The number of nitrogens with one attached hydrogen (secondary N) is 1. The zero-order valence-corrected chi connectivity index (χ0v) is 9.41. The smallest absolute Gasteiger partial charge is 0.290 e. The van der Waals surface area contributed by atoms with Crippen LogP contribution in [0.5, 0.6) is 0 Å². The maximum absolute atomic E-state index is 11.8. The molecule has 0 bridgehead atoms. The average Bonchev–Trinajstić information content (AvgIpc) is 2.64. The summed E-state index contributed by atoms with van der Waals surface area (Å²) in [6.07, 6.45) is 0. The van der Waals surface area contributed by atoms with Crippen molar-refractivity contribution in [3.8, 4) is 0 Å². The van der Waals surface area contributed by atoms with Crippen LogP contribution in [0.1, 0.15) is 10.6 Å². The fraction of sp³-hybridized carbons (Fsp3) is 0.333. The van der Waals surface area contributed by atoms with Gasteiger partial charge >= 0.3 is 0 Å². The SMILES string of the molecule is O=C1CN(C(=O)c2ccc(Br)o2)CCN1. The van der Waals surface area contributed by atoms with Gasteiger partial charge in [0.25, 0.3) is 5.91 Å². The van der Waals surface area contributed by atoms with Crippen LogP contribution in [0, 0.1) is 0 Å². The molecule has 1 fully saturated rings. The minimum Gasteiger partial charge on any atom is -0.444 e. The number of amides is 2. The van der Waals surface area contributed by atoms with Crippen molar-refractivity contribution in [2.45, 2.75) is 0 Å². The topological polar surface area (TPSA) is 62.6 Å². The molecule has 0 atom stereocenters. The summed E-state index contributed by atoms with van der Waals surface area (Å²) in [6.45, 7) is 1.10. The van der Waals surface area contributed by atoms with E-state index in [1.165, 1.54) is 4.90 Å². The second kappa shape index (κ2) is 4.06. The number of nitrogens with zero attached hydrogens (tertiary/aromatic N) is 1. The van der Waals surface area contributed by atoms with Gasteiger partial charge in [-0.15, -0.1) is 0 Å². The fourth-order valence-corrected chi connectivity index (χ4v) is 1.70. The summed E-state index contributed by atoms with van der Waals surface area (Å²) < 4.78 is 5.63. The van der Waals surface area contributed by atoms with E-state index < -0.39 is 0 Å². The van der Waals surface area contributed by atoms with E-state index in [9.17, 15) is 9.59 Å². The summed E-state index contributed by atoms with van der Waals surface area (Å²) >= 11 is 3.12. The Hall–Kier alpha value is -1.30. The lowest BCUT2D eigenvalue weighted by Crippen LogP contribution is -2.49. The second-order valence-electron chi connectivity index (χ2n) is 3.18. The quantitative estimate of drug-likeness (QED) is 0.815. The first-order chi connectivity index (χ1) is 7.16. The van der Waals surface area contributed by atoms with E-state index in [1.807, 2.05) is 0 Å². The van der Waals surface area contributed by atoms with Gasteiger partial charge in [-0.2, -0.15) is 0 Å². The fourth-order valence-electron chi connectivity index (χ4n) is 1.40. The van der Waals surface area contributed by atoms with Gasteiger partial charge in [-0.1, -0.05) is 0 Å². The van der Waals surface area contributed by atoms with Crippen LogP contribution in [0.3, 0.4) is 0 Å². The van der Waals surface area contributed by atoms with Crippen LogP contribution < -0.4 is 5.32 Å². The van der Waals surface area contributed by atoms with Gasteiger partial charge in [-0.05, 0) is 28.1 Å². The van der Waals surface area contributed by atoms with Gasteiger partial charge in [0, 0.05) is 13.1 Å². The zero-order chi connectivity index (χ0) is 10.8. The van der Waals surface area contributed by atoms with E-state index in [-0.39, 0.29) is 24.1 Å². The molecule has 15 heavy (non-hydrogen) atoms. The lowest BCUT2D eigenvalue weighted by Gasteiger charge is -2.25. The van der Waals surface area contributed by atoms with Crippen LogP contribution in [-0.4, -0.2) is 36.3 Å². The number of hydrogen-bond acceptors (Lipinski definition) is 3. The van der Waals surface area contributed by atoms with E-state index in [0.29, 0.717) is 17.8 Å². The normalized spacial score (nSPS) is 16.3. The van der Waals surface area contributed by atoms with Crippen LogP contribution >= 0.6 is 15.9 Å². The largest absolute Gasteiger partial charge is 0.444 e. The molecule has 5 nitrogen and oxygen atoms in total. The Balaban J connectivity index is 2.10. The molecule has 2 heterocycles. The van der Waals surface area contributed by atoms with Crippen molar-refractivity contribution in [2.24, 2.45) is 0 Å². The van der Waals surface area contributed by atoms with Crippen LogP contribution in [0.15, 0.2) is 21.2 Å². The Bertz CT molecular complexity index is 402. The maximum Gasteiger partial charge on any atom is 0.290 e. The van der Waals surface area contributed by atoms with Crippen molar-refractivity contribution in [2.75, 3.05) is 19.6 Å². The number of carbonyl (C=O) groups excluding carboxylic acids is 2. The molecule has 1 aliphatic heterocycles. The Morgan fingerprint density at radius 1 is 1.53 bits per heavy atom. The molecule has 2 rings (SSSR count). The molecule has 0 aliphatic carbocycles. The molecule has 1 aromatic rings. The molecular weight excluding hydrogens is 264 g/mol. The average molecular weight is 273 g/mol. The van der Waals surface area contributed by atoms with E-state index >= 15 is 0 Å². The highest BCUT2D eigenvalue weighted by molar-refractivity contribution is 9.10. The van der Waals surface area contributed by atoms with E-state index in [1.54, 1.807) is 12.1 Å². The summed E-state index contributed by atoms with van der Waals surface area (Å²) in [7, 11) is 0. The Morgan fingerprint density at radius 2 is 2.33 bits per heavy atom. The van der Waals surface area contributed by atoms with Crippen molar-refractivity contribution < 1.29 is 14.0 Å². The van der Waals surface area contributed by atoms with Gasteiger partial charge in [0.15, 0.2) is 10.4 Å². The van der Waals surface area contributed by atoms with E-state index in [0.717, 1.165) is 0 Å². The van der Waals surface area contributed by atoms with Gasteiger partial charge in [0.2, 0.25) is 5.91 Å². The van der Waals surface area contributed by atoms with Gasteiger partial charge in [-0.25, -0.2) is 0 Å². The summed E-state index contributed by atoms with van der Waals surface area (Å²) in [5, 5.41) is 2.65. The molecule has 0 aromatic carbocycles. The highest BCUT2D eigenvalue weighted by Gasteiger charge is 2.24. The third kappa shape index (κ3) is 2.20. The lowest BCUT2D eigenvalue weighted by atomic mass is 10.3. The first kappa shape index (κ1) is 10.2. The molecule has 6 heteroatoms. The Morgan fingerprint density at radius 3 is 2.93 bits per heavy atom. The van der Waals surface area contributed by atoms with Crippen molar-refractivity contribution in [1.82, 2.24) is 10.2 Å². The molecule has 1 saturated heterocycles. The highest BCUT2D eigenvalue weighted by atomic mass is 79.9. The summed E-state index contributed by atoms with van der Waals surface area (Å²) in [5.74, 6) is -0.146. The molecule has 0 unspecified atom stereocenters. The van der Waals surface area contributed by atoms with Crippen molar-refractivity contribution in [3.63, 3.8) is 0 Å². The van der Waals surface area contributed by atoms with E-state index in [2.05, 4.69) is 21.2 Å². The number of piperazine rings is 1. The van der Waals surface area contributed by atoms with Gasteiger partial charge < -0.3 is 14.6 Å². The molecule has 0 spiro atoms. The van der Waals surface area contributed by atoms with Crippen LogP contribution in [-0.2, 0) is 4.79 Å². The monoisotopic (exact) mass is 272 g/mol.